The normalized spacial score (nSPS) is 16.5. The van der Waals surface area contributed by atoms with Crippen LogP contribution >= 0.6 is 23.2 Å². The Labute approximate surface area is 145 Å². The lowest BCUT2D eigenvalue weighted by atomic mass is 9.88. The molecule has 1 aliphatic rings. The number of carbonyl (C=O) groups is 1. The first-order chi connectivity index (χ1) is 11.1. The predicted octanol–water partition coefficient (Wildman–Crippen LogP) is 4.57. The molecule has 1 atom stereocenters. The van der Waals surface area contributed by atoms with Crippen molar-refractivity contribution in [2.75, 3.05) is 6.61 Å². The third-order valence-corrected chi connectivity index (χ3v) is 4.70. The zero-order valence-electron chi connectivity index (χ0n) is 12.5. The van der Waals surface area contributed by atoms with Gasteiger partial charge in [-0.15, -0.1) is 0 Å². The second kappa shape index (κ2) is 7.24. The Balaban J connectivity index is 1.59. The minimum atomic E-state index is -0.141. The number of fused-ring (bicyclic) bond motifs is 1. The van der Waals surface area contributed by atoms with Crippen LogP contribution in [0.15, 0.2) is 42.5 Å². The van der Waals surface area contributed by atoms with Crippen LogP contribution in [0.5, 0.6) is 5.75 Å². The van der Waals surface area contributed by atoms with Gasteiger partial charge in [-0.25, -0.2) is 0 Å². The van der Waals surface area contributed by atoms with Gasteiger partial charge >= 0.3 is 0 Å². The molecule has 0 aromatic heterocycles. The average Bonchev–Trinajstić information content (AvgIpc) is 2.56. The van der Waals surface area contributed by atoms with Crippen molar-refractivity contribution in [2.24, 2.45) is 0 Å². The van der Waals surface area contributed by atoms with Gasteiger partial charge in [0.15, 0.2) is 6.61 Å². The van der Waals surface area contributed by atoms with Crippen molar-refractivity contribution < 1.29 is 9.53 Å². The van der Waals surface area contributed by atoms with Crippen molar-refractivity contribution in [1.29, 1.82) is 0 Å². The van der Waals surface area contributed by atoms with Crippen LogP contribution in [0.25, 0.3) is 0 Å². The minimum absolute atomic E-state index is 0.0450. The summed E-state index contributed by atoms with van der Waals surface area (Å²) < 4.78 is 5.48. The zero-order valence-corrected chi connectivity index (χ0v) is 14.0. The van der Waals surface area contributed by atoms with E-state index in [9.17, 15) is 4.79 Å². The fraction of sp³-hybridized carbons (Fsp3) is 0.278. The first kappa shape index (κ1) is 16.2. The van der Waals surface area contributed by atoms with E-state index in [1.165, 1.54) is 11.1 Å². The minimum Gasteiger partial charge on any atom is -0.484 e. The van der Waals surface area contributed by atoms with Gasteiger partial charge in [-0.2, -0.15) is 0 Å². The quantitative estimate of drug-likeness (QED) is 0.878. The molecule has 2 aromatic carbocycles. The molecular weight excluding hydrogens is 333 g/mol. The van der Waals surface area contributed by atoms with Crippen LogP contribution in [-0.4, -0.2) is 12.5 Å². The smallest absolute Gasteiger partial charge is 0.258 e. The number of hydrogen-bond donors (Lipinski definition) is 1. The fourth-order valence-electron chi connectivity index (χ4n) is 2.86. The molecule has 2 aromatic rings. The van der Waals surface area contributed by atoms with E-state index in [2.05, 4.69) is 17.4 Å². The maximum absolute atomic E-state index is 12.2. The summed E-state index contributed by atoms with van der Waals surface area (Å²) in [5.74, 6) is 0.386. The highest BCUT2D eigenvalue weighted by molar-refractivity contribution is 6.42. The van der Waals surface area contributed by atoms with E-state index in [1.54, 1.807) is 18.2 Å². The van der Waals surface area contributed by atoms with Crippen LogP contribution in [0, 0.1) is 0 Å². The van der Waals surface area contributed by atoms with Crippen LogP contribution in [0.4, 0.5) is 0 Å². The molecule has 0 radical (unpaired) electrons. The molecule has 0 bridgehead atoms. The summed E-state index contributed by atoms with van der Waals surface area (Å²) in [6.45, 7) is -0.0450. The van der Waals surface area contributed by atoms with E-state index in [-0.39, 0.29) is 18.6 Å². The number of hydrogen-bond acceptors (Lipinski definition) is 2. The van der Waals surface area contributed by atoms with Crippen LogP contribution in [0.2, 0.25) is 10.0 Å². The molecule has 0 heterocycles. The lowest BCUT2D eigenvalue weighted by molar-refractivity contribution is -0.123. The lowest BCUT2D eigenvalue weighted by Gasteiger charge is -2.26. The van der Waals surface area contributed by atoms with Crippen molar-refractivity contribution in [1.82, 2.24) is 5.32 Å². The number of carbonyl (C=O) groups excluding carboxylic acids is 1. The monoisotopic (exact) mass is 349 g/mol. The third kappa shape index (κ3) is 3.98. The van der Waals surface area contributed by atoms with Gasteiger partial charge in [-0.3, -0.25) is 4.79 Å². The van der Waals surface area contributed by atoms with Gasteiger partial charge in [-0.1, -0.05) is 47.5 Å². The van der Waals surface area contributed by atoms with E-state index in [0.717, 1.165) is 19.3 Å². The number of amides is 1. The molecule has 1 N–H and O–H groups in total. The maximum atomic E-state index is 12.2. The van der Waals surface area contributed by atoms with Gasteiger partial charge < -0.3 is 10.1 Å². The Bertz CT molecular complexity index is 718. The first-order valence-electron chi connectivity index (χ1n) is 7.58. The van der Waals surface area contributed by atoms with Crippen molar-refractivity contribution in [3.8, 4) is 5.75 Å². The molecule has 0 aliphatic heterocycles. The molecule has 0 saturated carbocycles. The predicted molar refractivity (Wildman–Crippen MR) is 92.2 cm³/mol. The van der Waals surface area contributed by atoms with Crippen LogP contribution in [0.1, 0.15) is 30.0 Å². The fourth-order valence-corrected chi connectivity index (χ4v) is 3.14. The van der Waals surface area contributed by atoms with Crippen molar-refractivity contribution in [3.05, 3.63) is 63.6 Å². The SMILES string of the molecule is O=C(COc1ccc(Cl)c(Cl)c1)NC1CCCc2ccccc21. The molecular formula is C18H17Cl2NO2. The molecule has 3 nitrogen and oxygen atoms in total. The number of ether oxygens (including phenoxy) is 1. The number of halogens is 2. The molecule has 120 valence electrons. The molecule has 1 amide bonds. The van der Waals surface area contributed by atoms with Crippen molar-refractivity contribution in [2.45, 2.75) is 25.3 Å². The van der Waals surface area contributed by atoms with E-state index in [4.69, 9.17) is 27.9 Å². The van der Waals surface area contributed by atoms with Gasteiger partial charge in [0.1, 0.15) is 5.75 Å². The third-order valence-electron chi connectivity index (χ3n) is 3.97. The number of aryl methyl sites for hydroxylation is 1. The summed E-state index contributed by atoms with van der Waals surface area (Å²) in [6, 6.07) is 13.3. The van der Waals surface area contributed by atoms with Gasteiger partial charge in [0.2, 0.25) is 0 Å². The summed E-state index contributed by atoms with van der Waals surface area (Å²) in [5, 5.41) is 3.92. The Hall–Kier alpha value is -1.71. The largest absolute Gasteiger partial charge is 0.484 e. The molecule has 1 aliphatic carbocycles. The second-order valence-electron chi connectivity index (χ2n) is 5.58. The number of benzene rings is 2. The average molecular weight is 350 g/mol. The standard InChI is InChI=1S/C18H17Cl2NO2/c19-15-9-8-13(10-16(15)20)23-11-18(22)21-17-7-3-5-12-4-1-2-6-14(12)17/h1-2,4,6,8-10,17H,3,5,7,11H2,(H,21,22). The van der Waals surface area contributed by atoms with Crippen molar-refractivity contribution in [3.63, 3.8) is 0 Å². The van der Waals surface area contributed by atoms with Gasteiger partial charge in [0, 0.05) is 6.07 Å². The van der Waals surface area contributed by atoms with Crippen LogP contribution in [0.3, 0.4) is 0 Å². The first-order valence-corrected chi connectivity index (χ1v) is 8.34. The van der Waals surface area contributed by atoms with Crippen LogP contribution < -0.4 is 10.1 Å². The molecule has 0 spiro atoms. The summed E-state index contributed by atoms with van der Waals surface area (Å²) in [4.78, 5) is 12.2. The second-order valence-corrected chi connectivity index (χ2v) is 6.39. The maximum Gasteiger partial charge on any atom is 0.258 e. The van der Waals surface area contributed by atoms with Gasteiger partial charge in [0.25, 0.3) is 5.91 Å². The van der Waals surface area contributed by atoms with Crippen molar-refractivity contribution >= 4 is 29.1 Å². The summed E-state index contributed by atoms with van der Waals surface area (Å²) in [5.41, 5.74) is 2.52. The summed E-state index contributed by atoms with van der Waals surface area (Å²) >= 11 is 11.8. The highest BCUT2D eigenvalue weighted by Crippen LogP contribution is 2.29. The molecule has 0 fully saturated rings. The zero-order chi connectivity index (χ0) is 16.2. The Morgan fingerprint density at radius 3 is 2.83 bits per heavy atom. The highest BCUT2D eigenvalue weighted by atomic mass is 35.5. The highest BCUT2D eigenvalue weighted by Gasteiger charge is 2.21. The van der Waals surface area contributed by atoms with E-state index in [1.807, 2.05) is 12.1 Å². The topological polar surface area (TPSA) is 38.3 Å². The van der Waals surface area contributed by atoms with E-state index >= 15 is 0 Å². The number of nitrogens with one attached hydrogen (secondary N) is 1. The molecule has 1 unspecified atom stereocenters. The van der Waals surface area contributed by atoms with E-state index < -0.39 is 0 Å². The number of rotatable bonds is 4. The Morgan fingerprint density at radius 1 is 1.17 bits per heavy atom. The van der Waals surface area contributed by atoms with Gasteiger partial charge in [-0.05, 0) is 42.5 Å². The molecule has 5 heteroatoms. The van der Waals surface area contributed by atoms with Crippen LogP contribution in [-0.2, 0) is 11.2 Å². The molecule has 23 heavy (non-hydrogen) atoms. The molecule has 0 saturated heterocycles. The molecule has 3 rings (SSSR count). The van der Waals surface area contributed by atoms with E-state index in [0.29, 0.717) is 15.8 Å². The Kier molecular flexibility index (Phi) is 5.09. The van der Waals surface area contributed by atoms with Gasteiger partial charge in [0.05, 0.1) is 16.1 Å². The summed E-state index contributed by atoms with van der Waals surface area (Å²) in [7, 11) is 0. The summed E-state index contributed by atoms with van der Waals surface area (Å²) in [6.07, 6.45) is 3.10. The lowest BCUT2D eigenvalue weighted by Crippen LogP contribution is -2.34. The Morgan fingerprint density at radius 2 is 2.00 bits per heavy atom.